The summed E-state index contributed by atoms with van der Waals surface area (Å²) in [5.41, 5.74) is 1.76. The Labute approximate surface area is 179 Å². The first-order chi connectivity index (χ1) is 14.5. The zero-order chi connectivity index (χ0) is 21.0. The molecule has 4 rings (SSSR count). The minimum Gasteiger partial charge on any atom is -0.416 e. The van der Waals surface area contributed by atoms with Crippen LogP contribution in [0.3, 0.4) is 0 Å². The van der Waals surface area contributed by atoms with E-state index in [1.54, 1.807) is 4.90 Å². The van der Waals surface area contributed by atoms with Crippen LogP contribution in [0.15, 0.2) is 70.3 Å². The molecule has 0 radical (unpaired) electrons. The van der Waals surface area contributed by atoms with Gasteiger partial charge in [-0.1, -0.05) is 60.3 Å². The lowest BCUT2D eigenvalue weighted by Crippen LogP contribution is -2.42. The number of sulfone groups is 1. The van der Waals surface area contributed by atoms with Crippen LogP contribution in [-0.4, -0.2) is 47.8 Å². The van der Waals surface area contributed by atoms with Gasteiger partial charge < -0.3 is 9.32 Å². The molecular weight excluding hydrogens is 422 g/mol. The summed E-state index contributed by atoms with van der Waals surface area (Å²) in [4.78, 5) is 14.6. The minimum absolute atomic E-state index is 0.0138. The van der Waals surface area contributed by atoms with Crippen LogP contribution in [0.25, 0.3) is 0 Å². The van der Waals surface area contributed by atoms with Gasteiger partial charge in [-0.15, -0.1) is 10.2 Å². The topological polar surface area (TPSA) is 93.4 Å². The molecule has 156 valence electrons. The van der Waals surface area contributed by atoms with Crippen molar-refractivity contribution in [3.8, 4) is 0 Å². The zero-order valence-corrected chi connectivity index (χ0v) is 17.8. The number of hydrogen-bond acceptors (Lipinski definition) is 7. The van der Waals surface area contributed by atoms with Crippen LogP contribution in [0.2, 0.25) is 0 Å². The third-order valence-electron chi connectivity index (χ3n) is 4.84. The highest BCUT2D eigenvalue weighted by molar-refractivity contribution is 7.99. The number of hydrogen-bond donors (Lipinski definition) is 0. The van der Waals surface area contributed by atoms with Gasteiger partial charge in [-0.3, -0.25) is 4.79 Å². The number of carbonyl (C=O) groups is 1. The number of carbonyl (C=O) groups excluding carboxylic acids is 1. The van der Waals surface area contributed by atoms with Crippen LogP contribution in [0, 0.1) is 0 Å². The predicted molar refractivity (Wildman–Crippen MR) is 115 cm³/mol. The Bertz CT molecular complexity index is 1100. The maximum absolute atomic E-state index is 13.0. The smallest absolute Gasteiger partial charge is 0.277 e. The summed E-state index contributed by atoms with van der Waals surface area (Å²) in [5, 5.41) is 8.38. The van der Waals surface area contributed by atoms with E-state index in [4.69, 9.17) is 4.42 Å². The van der Waals surface area contributed by atoms with E-state index in [2.05, 4.69) is 10.2 Å². The molecule has 0 unspecified atom stereocenters. The van der Waals surface area contributed by atoms with Crippen molar-refractivity contribution in [1.82, 2.24) is 10.2 Å². The van der Waals surface area contributed by atoms with Crippen LogP contribution in [0.4, 0.5) is 5.69 Å². The van der Waals surface area contributed by atoms with Gasteiger partial charge in [0.05, 0.1) is 29.7 Å². The first kappa shape index (κ1) is 20.6. The van der Waals surface area contributed by atoms with Gasteiger partial charge in [-0.25, -0.2) is 8.42 Å². The molecule has 0 aliphatic carbocycles. The van der Waals surface area contributed by atoms with Crippen molar-refractivity contribution in [3.05, 3.63) is 72.1 Å². The Balaban J connectivity index is 1.43. The first-order valence-electron chi connectivity index (χ1n) is 9.57. The molecule has 2 heterocycles. The summed E-state index contributed by atoms with van der Waals surface area (Å²) in [6.45, 7) is 0. The van der Waals surface area contributed by atoms with Gasteiger partial charge in [-0.2, -0.15) is 0 Å². The summed E-state index contributed by atoms with van der Waals surface area (Å²) in [6, 6.07) is 18.6. The lowest BCUT2D eigenvalue weighted by Gasteiger charge is -2.28. The predicted octanol–water partition coefficient (Wildman–Crippen LogP) is 2.97. The van der Waals surface area contributed by atoms with E-state index in [1.807, 2.05) is 60.7 Å². The van der Waals surface area contributed by atoms with E-state index in [-0.39, 0.29) is 29.2 Å². The molecule has 1 saturated heterocycles. The van der Waals surface area contributed by atoms with Crippen LogP contribution in [0.5, 0.6) is 0 Å². The van der Waals surface area contributed by atoms with E-state index < -0.39 is 9.84 Å². The van der Waals surface area contributed by atoms with E-state index in [0.29, 0.717) is 29.6 Å². The monoisotopic (exact) mass is 443 g/mol. The van der Waals surface area contributed by atoms with Gasteiger partial charge in [0, 0.05) is 5.69 Å². The van der Waals surface area contributed by atoms with Gasteiger partial charge in [0.1, 0.15) is 0 Å². The van der Waals surface area contributed by atoms with Crippen LogP contribution < -0.4 is 4.90 Å². The fourth-order valence-electron chi connectivity index (χ4n) is 3.46. The zero-order valence-electron chi connectivity index (χ0n) is 16.2. The van der Waals surface area contributed by atoms with Gasteiger partial charge >= 0.3 is 0 Å². The fraction of sp³-hybridized carbons (Fsp3) is 0.286. The van der Waals surface area contributed by atoms with Crippen LogP contribution in [0.1, 0.15) is 17.9 Å². The molecule has 9 heteroatoms. The molecule has 1 aliphatic heterocycles. The number of nitrogens with zero attached hydrogens (tertiary/aromatic N) is 3. The fourth-order valence-corrected chi connectivity index (χ4v) is 5.80. The van der Waals surface area contributed by atoms with Crippen LogP contribution >= 0.6 is 11.8 Å². The van der Waals surface area contributed by atoms with Crippen molar-refractivity contribution in [2.24, 2.45) is 0 Å². The standard InChI is InChI=1S/C21H21N3O4S2/c25-20(14-29-21-23-22-19(28-21)13-16-7-3-1-4-8-16)24(17-9-5-2-6-10-17)18-11-12-30(26,27)15-18/h1-10,18H,11-15H2/t18-/m0/s1. The van der Waals surface area contributed by atoms with E-state index >= 15 is 0 Å². The van der Waals surface area contributed by atoms with Crippen molar-refractivity contribution in [1.29, 1.82) is 0 Å². The lowest BCUT2D eigenvalue weighted by molar-refractivity contribution is -0.116. The van der Waals surface area contributed by atoms with Crippen molar-refractivity contribution in [2.75, 3.05) is 22.2 Å². The highest BCUT2D eigenvalue weighted by Crippen LogP contribution is 2.26. The summed E-state index contributed by atoms with van der Waals surface area (Å²) < 4.78 is 29.6. The quantitative estimate of drug-likeness (QED) is 0.518. The molecule has 1 fully saturated rings. The molecule has 2 aromatic carbocycles. The summed E-state index contributed by atoms with van der Waals surface area (Å²) in [6.07, 6.45) is 0.966. The number of aromatic nitrogens is 2. The molecule has 0 bridgehead atoms. The molecule has 30 heavy (non-hydrogen) atoms. The van der Waals surface area contributed by atoms with Crippen molar-refractivity contribution in [2.45, 2.75) is 24.1 Å². The van der Waals surface area contributed by atoms with E-state index in [9.17, 15) is 13.2 Å². The second-order valence-corrected chi connectivity index (χ2v) is 10.2. The van der Waals surface area contributed by atoms with E-state index in [1.165, 1.54) is 0 Å². The normalized spacial score (nSPS) is 17.7. The summed E-state index contributed by atoms with van der Waals surface area (Å²) in [7, 11) is -3.12. The third kappa shape index (κ3) is 5.09. The number of amides is 1. The molecule has 1 aliphatic rings. The number of anilines is 1. The maximum atomic E-state index is 13.0. The Morgan fingerprint density at radius 2 is 1.77 bits per heavy atom. The van der Waals surface area contributed by atoms with Crippen LogP contribution in [-0.2, 0) is 21.1 Å². The molecule has 1 amide bonds. The van der Waals surface area contributed by atoms with E-state index in [0.717, 1.165) is 17.3 Å². The first-order valence-corrected chi connectivity index (χ1v) is 12.4. The molecule has 1 aromatic heterocycles. The van der Waals surface area contributed by atoms with Gasteiger partial charge in [0.15, 0.2) is 9.84 Å². The lowest BCUT2D eigenvalue weighted by atomic mass is 10.2. The molecule has 0 saturated carbocycles. The highest BCUT2D eigenvalue weighted by Gasteiger charge is 2.35. The number of rotatable bonds is 7. The van der Waals surface area contributed by atoms with Gasteiger partial charge in [0.25, 0.3) is 5.22 Å². The number of thioether (sulfide) groups is 1. The summed E-state index contributed by atoms with van der Waals surface area (Å²) in [5.74, 6) is 0.473. The van der Waals surface area contributed by atoms with Crippen molar-refractivity contribution < 1.29 is 17.6 Å². The second kappa shape index (κ2) is 9.01. The molecule has 3 aromatic rings. The Kier molecular flexibility index (Phi) is 6.19. The van der Waals surface area contributed by atoms with Gasteiger partial charge in [0.2, 0.25) is 11.8 Å². The average molecular weight is 444 g/mol. The largest absolute Gasteiger partial charge is 0.416 e. The second-order valence-electron chi connectivity index (χ2n) is 7.07. The SMILES string of the molecule is O=C(CSc1nnc(Cc2ccccc2)o1)N(c1ccccc1)[C@H]1CCS(=O)(=O)C1. The Morgan fingerprint density at radius 3 is 2.43 bits per heavy atom. The maximum Gasteiger partial charge on any atom is 0.277 e. The molecule has 7 nitrogen and oxygen atoms in total. The third-order valence-corrected chi connectivity index (χ3v) is 7.40. The minimum atomic E-state index is -3.12. The molecule has 1 atom stereocenters. The molecule has 0 spiro atoms. The van der Waals surface area contributed by atoms with Crippen molar-refractivity contribution >= 4 is 33.2 Å². The summed E-state index contributed by atoms with van der Waals surface area (Å²) >= 11 is 1.16. The van der Waals surface area contributed by atoms with Crippen molar-refractivity contribution in [3.63, 3.8) is 0 Å². The number of para-hydroxylation sites is 1. The average Bonchev–Trinajstić information content (AvgIpc) is 3.34. The van der Waals surface area contributed by atoms with Gasteiger partial charge in [-0.05, 0) is 24.1 Å². The highest BCUT2D eigenvalue weighted by atomic mass is 32.2. The Morgan fingerprint density at radius 1 is 1.07 bits per heavy atom. The Hall–Kier alpha value is -2.65. The number of benzene rings is 2. The molecular formula is C21H21N3O4S2. The molecule has 0 N–H and O–H groups in total.